The van der Waals surface area contributed by atoms with Gasteiger partial charge in [0.1, 0.15) is 5.82 Å². The minimum Gasteiger partial charge on any atom is -0.481 e. The van der Waals surface area contributed by atoms with Crippen LogP contribution in [0.2, 0.25) is 10.0 Å². The van der Waals surface area contributed by atoms with E-state index in [9.17, 15) is 14.7 Å². The molecular weight excluding hydrogens is 541 g/mol. The van der Waals surface area contributed by atoms with Crippen molar-refractivity contribution < 1.29 is 19.4 Å². The standard InChI is InChI=1S/C28H35Cl2N5O4/c1-28(2,3)39-16-23(31)22(15-32-10-8-21-7-6-17-5-4-9-33-26(17)34-21)27(38)35-24(14-25(36)37)18-11-19(29)13-20(30)12-18/h6-7,11-13,15,24H,4-5,8-10,14,16,31H2,1-3H3,(H,33,34)(H,35,38)(H,36,37). The van der Waals surface area contributed by atoms with Crippen molar-refractivity contribution in [1.29, 1.82) is 0 Å². The van der Waals surface area contributed by atoms with Crippen LogP contribution in [0.4, 0.5) is 5.82 Å². The van der Waals surface area contributed by atoms with Crippen molar-refractivity contribution in [2.45, 2.75) is 58.1 Å². The molecule has 0 fully saturated rings. The molecule has 2 aromatic rings. The SMILES string of the molecule is CC(C)(C)OCC(N)=C(C=NCCc1ccc2c(n1)NCCC2)C(=O)NC(CC(=O)O)c1cc(Cl)cc(Cl)c1. The summed E-state index contributed by atoms with van der Waals surface area (Å²) in [6, 6.07) is 7.82. The predicted molar refractivity (Wildman–Crippen MR) is 155 cm³/mol. The summed E-state index contributed by atoms with van der Waals surface area (Å²) in [5, 5.41) is 16.2. The lowest BCUT2D eigenvalue weighted by Crippen LogP contribution is -2.34. The van der Waals surface area contributed by atoms with Crippen LogP contribution in [0.3, 0.4) is 0 Å². The summed E-state index contributed by atoms with van der Waals surface area (Å²) in [6.45, 7) is 6.90. The van der Waals surface area contributed by atoms with Crippen LogP contribution in [0, 0.1) is 0 Å². The second-order valence-corrected chi connectivity index (χ2v) is 11.2. The first-order chi connectivity index (χ1) is 18.4. The van der Waals surface area contributed by atoms with Crippen LogP contribution < -0.4 is 16.4 Å². The Kier molecular flexibility index (Phi) is 10.7. The average Bonchev–Trinajstić information content (AvgIpc) is 2.85. The number of fused-ring (bicyclic) bond motifs is 1. The molecule has 1 aliphatic heterocycles. The molecule has 39 heavy (non-hydrogen) atoms. The molecule has 210 valence electrons. The van der Waals surface area contributed by atoms with E-state index >= 15 is 0 Å². The maximum absolute atomic E-state index is 13.4. The summed E-state index contributed by atoms with van der Waals surface area (Å²) in [5.74, 6) is -0.782. The number of benzene rings is 1. The summed E-state index contributed by atoms with van der Waals surface area (Å²) in [4.78, 5) is 34.1. The van der Waals surface area contributed by atoms with Gasteiger partial charge in [-0.3, -0.25) is 14.6 Å². The van der Waals surface area contributed by atoms with Gasteiger partial charge in [-0.25, -0.2) is 4.98 Å². The molecule has 2 heterocycles. The fraction of sp³-hybridized carbons (Fsp3) is 0.429. The molecule has 3 rings (SSSR count). The Morgan fingerprint density at radius 2 is 1.97 bits per heavy atom. The third kappa shape index (κ3) is 9.84. The number of ether oxygens (including phenoxy) is 1. The van der Waals surface area contributed by atoms with Gasteiger partial charge < -0.3 is 26.2 Å². The van der Waals surface area contributed by atoms with Crippen LogP contribution in [0.5, 0.6) is 0 Å². The minimum absolute atomic E-state index is 0.0110. The molecule has 0 aliphatic carbocycles. The van der Waals surface area contributed by atoms with Gasteiger partial charge in [-0.1, -0.05) is 29.3 Å². The van der Waals surface area contributed by atoms with Crippen molar-refractivity contribution >= 4 is 47.1 Å². The van der Waals surface area contributed by atoms with Crippen LogP contribution in [0.1, 0.15) is 56.5 Å². The van der Waals surface area contributed by atoms with Crippen LogP contribution in [-0.4, -0.2) is 53.5 Å². The first-order valence-corrected chi connectivity index (χ1v) is 13.5. The summed E-state index contributed by atoms with van der Waals surface area (Å²) in [7, 11) is 0. The summed E-state index contributed by atoms with van der Waals surface area (Å²) in [6.07, 6.45) is 3.69. The molecule has 0 saturated carbocycles. The van der Waals surface area contributed by atoms with E-state index in [1.807, 2.05) is 26.8 Å². The Morgan fingerprint density at radius 1 is 1.26 bits per heavy atom. The third-order valence-corrected chi connectivity index (χ3v) is 6.33. The van der Waals surface area contributed by atoms with Crippen LogP contribution in [-0.2, 0) is 27.2 Å². The van der Waals surface area contributed by atoms with Crippen LogP contribution >= 0.6 is 23.2 Å². The largest absolute Gasteiger partial charge is 0.481 e. The van der Waals surface area contributed by atoms with Crippen molar-refractivity contribution in [3.63, 3.8) is 0 Å². The quantitative estimate of drug-likeness (QED) is 0.224. The normalized spacial score (nSPS) is 14.8. The first-order valence-electron chi connectivity index (χ1n) is 12.7. The van der Waals surface area contributed by atoms with Gasteiger partial charge >= 0.3 is 5.97 Å². The molecule has 5 N–H and O–H groups in total. The zero-order valence-corrected chi connectivity index (χ0v) is 23.9. The Balaban J connectivity index is 1.79. The highest BCUT2D eigenvalue weighted by molar-refractivity contribution is 6.34. The highest BCUT2D eigenvalue weighted by Gasteiger charge is 2.23. The van der Waals surface area contributed by atoms with E-state index < -0.39 is 23.5 Å². The minimum atomic E-state index is -1.10. The fourth-order valence-electron chi connectivity index (χ4n) is 3.94. The first kappa shape index (κ1) is 30.4. The monoisotopic (exact) mass is 575 g/mol. The number of anilines is 1. The van der Waals surface area contributed by atoms with E-state index in [0.717, 1.165) is 30.9 Å². The fourth-order valence-corrected chi connectivity index (χ4v) is 4.48. The number of halogens is 2. The Labute approximate surface area is 238 Å². The lowest BCUT2D eigenvalue weighted by Gasteiger charge is -2.21. The molecule has 0 bridgehead atoms. The highest BCUT2D eigenvalue weighted by Crippen LogP contribution is 2.26. The number of hydrogen-bond acceptors (Lipinski definition) is 7. The van der Waals surface area contributed by atoms with Crippen LogP contribution in [0.25, 0.3) is 0 Å². The van der Waals surface area contributed by atoms with Gasteiger partial charge in [0.15, 0.2) is 0 Å². The number of amides is 1. The number of aliphatic imine (C=N–C) groups is 1. The smallest absolute Gasteiger partial charge is 0.305 e. The number of carboxylic acid groups (broad SMARTS) is 1. The Bertz CT molecular complexity index is 1240. The number of nitrogens with one attached hydrogen (secondary N) is 2. The molecule has 1 aromatic carbocycles. The molecule has 1 atom stereocenters. The molecule has 0 saturated heterocycles. The van der Waals surface area contributed by atoms with E-state index in [0.29, 0.717) is 28.6 Å². The summed E-state index contributed by atoms with van der Waals surface area (Å²) >= 11 is 12.2. The van der Waals surface area contributed by atoms with E-state index in [1.54, 1.807) is 12.1 Å². The number of aromatic nitrogens is 1. The van der Waals surface area contributed by atoms with Gasteiger partial charge in [-0.05, 0) is 69.0 Å². The van der Waals surface area contributed by atoms with Gasteiger partial charge in [0, 0.05) is 47.2 Å². The van der Waals surface area contributed by atoms with E-state index in [1.165, 1.54) is 17.8 Å². The number of nitrogens with zero attached hydrogens (tertiary/aromatic N) is 2. The van der Waals surface area contributed by atoms with Gasteiger partial charge in [0.05, 0.1) is 30.2 Å². The number of aliphatic carboxylic acids is 1. The van der Waals surface area contributed by atoms with Gasteiger partial charge in [0.25, 0.3) is 5.91 Å². The van der Waals surface area contributed by atoms with E-state index in [2.05, 4.69) is 26.7 Å². The molecule has 9 nitrogen and oxygen atoms in total. The maximum Gasteiger partial charge on any atom is 0.305 e. The van der Waals surface area contributed by atoms with Crippen LogP contribution in [0.15, 0.2) is 46.6 Å². The van der Waals surface area contributed by atoms with Crippen molar-refractivity contribution in [2.75, 3.05) is 25.0 Å². The van der Waals surface area contributed by atoms with Gasteiger partial charge in [-0.15, -0.1) is 0 Å². The highest BCUT2D eigenvalue weighted by atomic mass is 35.5. The molecule has 0 spiro atoms. The maximum atomic E-state index is 13.4. The molecule has 11 heteroatoms. The molecular formula is C28H35Cl2N5O4. The van der Waals surface area contributed by atoms with Gasteiger partial charge in [-0.2, -0.15) is 0 Å². The topological polar surface area (TPSA) is 139 Å². The number of rotatable bonds is 11. The zero-order chi connectivity index (χ0) is 28.6. The van der Waals surface area contributed by atoms with Crippen molar-refractivity contribution in [1.82, 2.24) is 10.3 Å². The molecule has 1 amide bonds. The summed E-state index contributed by atoms with van der Waals surface area (Å²) in [5.41, 5.74) is 8.60. The summed E-state index contributed by atoms with van der Waals surface area (Å²) < 4.78 is 5.77. The number of carbonyl (C=O) groups is 2. The number of pyridine rings is 1. The lowest BCUT2D eigenvalue weighted by atomic mass is 10.0. The van der Waals surface area contributed by atoms with Crippen molar-refractivity contribution in [2.24, 2.45) is 10.7 Å². The second-order valence-electron chi connectivity index (χ2n) is 10.3. The molecule has 1 unspecified atom stereocenters. The molecule has 0 radical (unpaired) electrons. The van der Waals surface area contributed by atoms with Gasteiger partial charge in [0.2, 0.25) is 0 Å². The van der Waals surface area contributed by atoms with E-state index in [-0.39, 0.29) is 24.3 Å². The second kappa shape index (κ2) is 13.8. The van der Waals surface area contributed by atoms with Crippen molar-refractivity contribution in [3.05, 3.63) is 68.5 Å². The lowest BCUT2D eigenvalue weighted by molar-refractivity contribution is -0.137. The van der Waals surface area contributed by atoms with E-state index in [4.69, 9.17) is 33.7 Å². The third-order valence-electron chi connectivity index (χ3n) is 5.89. The molecule has 1 aromatic heterocycles. The number of aryl methyl sites for hydroxylation is 1. The number of nitrogens with two attached hydrogens (primary N) is 1. The van der Waals surface area contributed by atoms with Crippen molar-refractivity contribution in [3.8, 4) is 0 Å². The average molecular weight is 577 g/mol. The Hall–Kier alpha value is -3.14. The molecule has 1 aliphatic rings. The Morgan fingerprint density at radius 3 is 2.64 bits per heavy atom. The predicted octanol–water partition coefficient (Wildman–Crippen LogP) is 4.72. The number of hydrogen-bond donors (Lipinski definition) is 4. The zero-order valence-electron chi connectivity index (χ0n) is 22.4. The number of carboxylic acids is 1. The number of carbonyl (C=O) groups excluding carboxylic acids is 1.